The van der Waals surface area contributed by atoms with Gasteiger partial charge in [0, 0.05) is 25.4 Å². The predicted octanol–water partition coefficient (Wildman–Crippen LogP) is 0.328. The highest BCUT2D eigenvalue weighted by Gasteiger charge is 2.37. The number of carbonyl (C=O) groups is 2. The topological polar surface area (TPSA) is 111 Å². The van der Waals surface area contributed by atoms with Gasteiger partial charge in [0.25, 0.3) is 0 Å². The van der Waals surface area contributed by atoms with Crippen molar-refractivity contribution in [3.8, 4) is 0 Å². The van der Waals surface area contributed by atoms with Gasteiger partial charge in [-0.1, -0.05) is 19.3 Å². The Kier molecular flexibility index (Phi) is 5.32. The molecule has 1 aliphatic carbocycles. The van der Waals surface area contributed by atoms with Crippen LogP contribution in [-0.2, 0) is 16.0 Å². The second kappa shape index (κ2) is 7.63. The summed E-state index contributed by atoms with van der Waals surface area (Å²) in [4.78, 5) is 40.4. The molecule has 1 aromatic rings. The van der Waals surface area contributed by atoms with E-state index in [2.05, 4.69) is 20.5 Å². The molecule has 2 amide bonds. The van der Waals surface area contributed by atoms with E-state index in [1.54, 1.807) is 4.90 Å². The van der Waals surface area contributed by atoms with Crippen LogP contribution >= 0.6 is 0 Å². The molecular formula is C16H25N5O3. The Morgan fingerprint density at radius 1 is 1.17 bits per heavy atom. The standard InChI is InChI=1S/C16H25N5O3/c22-14(17-9-8-13-18-16(24)20-19-13)12-7-4-10-21(12)15(23)11-5-2-1-3-6-11/h11-12H,1-10H2,(H,17,22)(H2,18,19,20,24). The Bertz CT molecular complexity index is 632. The van der Waals surface area contributed by atoms with Gasteiger partial charge < -0.3 is 10.2 Å². The molecule has 1 saturated carbocycles. The number of aromatic amines is 2. The minimum atomic E-state index is -0.351. The lowest BCUT2D eigenvalue weighted by molar-refractivity contribution is -0.142. The van der Waals surface area contributed by atoms with Gasteiger partial charge in [-0.05, 0) is 25.7 Å². The average molecular weight is 335 g/mol. The van der Waals surface area contributed by atoms with Crippen molar-refractivity contribution in [2.24, 2.45) is 5.92 Å². The summed E-state index contributed by atoms with van der Waals surface area (Å²) in [6, 6.07) is -0.349. The SMILES string of the molecule is O=C(NCCc1n[nH]c(=O)[nH]1)C1CCCN1C(=O)C1CCCCC1. The molecule has 2 heterocycles. The first kappa shape index (κ1) is 16.7. The van der Waals surface area contributed by atoms with Gasteiger partial charge in [0.2, 0.25) is 11.8 Å². The molecule has 8 nitrogen and oxygen atoms in total. The zero-order valence-corrected chi connectivity index (χ0v) is 13.8. The molecule has 0 aromatic carbocycles. The Labute approximate surface area is 140 Å². The number of aromatic nitrogens is 3. The van der Waals surface area contributed by atoms with Crippen LogP contribution in [0.3, 0.4) is 0 Å². The van der Waals surface area contributed by atoms with Gasteiger partial charge in [-0.15, -0.1) is 0 Å². The zero-order chi connectivity index (χ0) is 16.9. The third-order valence-electron chi connectivity index (χ3n) is 5.00. The van der Waals surface area contributed by atoms with Crippen molar-refractivity contribution in [1.82, 2.24) is 25.4 Å². The highest BCUT2D eigenvalue weighted by Crippen LogP contribution is 2.28. The quantitative estimate of drug-likeness (QED) is 0.720. The highest BCUT2D eigenvalue weighted by molar-refractivity contribution is 5.89. The van der Waals surface area contributed by atoms with Crippen LogP contribution in [-0.4, -0.2) is 51.0 Å². The molecule has 1 saturated heterocycles. The number of hydrogen-bond acceptors (Lipinski definition) is 4. The fourth-order valence-electron chi connectivity index (χ4n) is 3.73. The summed E-state index contributed by atoms with van der Waals surface area (Å²) in [7, 11) is 0. The number of likely N-dealkylation sites (tertiary alicyclic amines) is 1. The van der Waals surface area contributed by atoms with E-state index in [4.69, 9.17) is 0 Å². The lowest BCUT2D eigenvalue weighted by Gasteiger charge is -2.30. The first-order valence-electron chi connectivity index (χ1n) is 8.87. The second-order valence-corrected chi connectivity index (χ2v) is 6.69. The number of hydrogen-bond donors (Lipinski definition) is 3. The van der Waals surface area contributed by atoms with Gasteiger partial charge in [0.1, 0.15) is 11.9 Å². The van der Waals surface area contributed by atoms with E-state index < -0.39 is 0 Å². The van der Waals surface area contributed by atoms with E-state index in [0.29, 0.717) is 25.3 Å². The van der Waals surface area contributed by atoms with Gasteiger partial charge in [-0.2, -0.15) is 5.10 Å². The van der Waals surface area contributed by atoms with Gasteiger partial charge in [-0.3, -0.25) is 14.6 Å². The Hall–Kier alpha value is -2.12. The second-order valence-electron chi connectivity index (χ2n) is 6.69. The molecule has 0 radical (unpaired) electrons. The van der Waals surface area contributed by atoms with Crippen molar-refractivity contribution in [2.75, 3.05) is 13.1 Å². The molecule has 3 N–H and O–H groups in total. The van der Waals surface area contributed by atoms with Crippen LogP contribution < -0.4 is 11.0 Å². The van der Waals surface area contributed by atoms with Crippen LogP contribution in [0.1, 0.15) is 50.8 Å². The van der Waals surface area contributed by atoms with Crippen LogP contribution in [0.5, 0.6) is 0 Å². The Morgan fingerprint density at radius 2 is 1.96 bits per heavy atom. The van der Waals surface area contributed by atoms with Gasteiger partial charge >= 0.3 is 5.69 Å². The van der Waals surface area contributed by atoms with Gasteiger partial charge in [0.05, 0.1) is 0 Å². The minimum Gasteiger partial charge on any atom is -0.354 e. The third kappa shape index (κ3) is 3.85. The molecule has 2 fully saturated rings. The van der Waals surface area contributed by atoms with Crippen LogP contribution in [0.4, 0.5) is 0 Å². The summed E-state index contributed by atoms with van der Waals surface area (Å²) >= 11 is 0. The van der Waals surface area contributed by atoms with Gasteiger partial charge in [-0.25, -0.2) is 9.89 Å². The monoisotopic (exact) mass is 335 g/mol. The fourth-order valence-corrected chi connectivity index (χ4v) is 3.73. The number of carbonyl (C=O) groups excluding carboxylic acids is 2. The first-order valence-corrected chi connectivity index (χ1v) is 8.87. The number of amides is 2. The van der Waals surface area contributed by atoms with Crippen molar-refractivity contribution in [2.45, 2.75) is 57.4 Å². The van der Waals surface area contributed by atoms with Gasteiger partial charge in [0.15, 0.2) is 0 Å². The molecule has 2 aliphatic rings. The molecule has 3 rings (SSSR count). The molecule has 8 heteroatoms. The molecule has 1 unspecified atom stereocenters. The van der Waals surface area contributed by atoms with Crippen LogP contribution in [0.2, 0.25) is 0 Å². The number of H-pyrrole nitrogens is 2. The highest BCUT2D eigenvalue weighted by atomic mass is 16.2. The van der Waals surface area contributed by atoms with E-state index >= 15 is 0 Å². The van der Waals surface area contributed by atoms with Crippen molar-refractivity contribution < 1.29 is 9.59 Å². The molecule has 1 atom stereocenters. The van der Waals surface area contributed by atoms with E-state index in [0.717, 1.165) is 38.5 Å². The van der Waals surface area contributed by atoms with Crippen LogP contribution in [0, 0.1) is 5.92 Å². The maximum absolute atomic E-state index is 12.7. The summed E-state index contributed by atoms with van der Waals surface area (Å²) in [5, 5.41) is 8.96. The summed E-state index contributed by atoms with van der Waals surface area (Å²) in [6.45, 7) is 1.07. The van der Waals surface area contributed by atoms with Crippen molar-refractivity contribution in [3.05, 3.63) is 16.3 Å². The van der Waals surface area contributed by atoms with Crippen LogP contribution in [0.15, 0.2) is 4.79 Å². The minimum absolute atomic E-state index is 0.0984. The molecular weight excluding hydrogens is 310 g/mol. The molecule has 24 heavy (non-hydrogen) atoms. The fraction of sp³-hybridized carbons (Fsp3) is 0.750. The molecule has 0 bridgehead atoms. The largest absolute Gasteiger partial charge is 0.354 e. The summed E-state index contributed by atoms with van der Waals surface area (Å²) in [5.41, 5.74) is -0.351. The third-order valence-corrected chi connectivity index (χ3v) is 5.00. The summed E-state index contributed by atoms with van der Waals surface area (Å²) in [5.74, 6) is 0.668. The van der Waals surface area contributed by atoms with E-state index in [1.165, 1.54) is 6.42 Å². The summed E-state index contributed by atoms with van der Waals surface area (Å²) in [6.07, 6.45) is 7.40. The predicted molar refractivity (Wildman–Crippen MR) is 87.2 cm³/mol. The summed E-state index contributed by atoms with van der Waals surface area (Å²) < 4.78 is 0. The maximum Gasteiger partial charge on any atom is 0.340 e. The number of rotatable bonds is 5. The molecule has 1 aromatic heterocycles. The lowest BCUT2D eigenvalue weighted by Crippen LogP contribution is -2.48. The smallest absolute Gasteiger partial charge is 0.340 e. The van der Waals surface area contributed by atoms with E-state index in [9.17, 15) is 14.4 Å². The maximum atomic E-state index is 12.7. The molecule has 1 aliphatic heterocycles. The number of nitrogens with one attached hydrogen (secondary N) is 3. The average Bonchev–Trinajstić information content (AvgIpc) is 3.24. The molecule has 0 spiro atoms. The van der Waals surface area contributed by atoms with E-state index in [1.807, 2.05) is 0 Å². The lowest BCUT2D eigenvalue weighted by atomic mass is 9.88. The van der Waals surface area contributed by atoms with Crippen molar-refractivity contribution in [3.63, 3.8) is 0 Å². The first-order chi connectivity index (χ1) is 11.6. The normalized spacial score (nSPS) is 21.8. The molecule has 132 valence electrons. The zero-order valence-electron chi connectivity index (χ0n) is 13.8. The van der Waals surface area contributed by atoms with Crippen LogP contribution in [0.25, 0.3) is 0 Å². The Balaban J connectivity index is 1.51. The Morgan fingerprint density at radius 3 is 2.67 bits per heavy atom. The van der Waals surface area contributed by atoms with Crippen molar-refractivity contribution in [1.29, 1.82) is 0 Å². The number of nitrogens with zero attached hydrogens (tertiary/aromatic N) is 2. The van der Waals surface area contributed by atoms with Crippen molar-refractivity contribution >= 4 is 11.8 Å². The van der Waals surface area contributed by atoms with E-state index in [-0.39, 0.29) is 29.5 Å².